The number of likely N-dealkylation sites (tertiary alicyclic amines) is 1. The van der Waals surface area contributed by atoms with Crippen LogP contribution in [0.1, 0.15) is 34.6 Å². The topological polar surface area (TPSA) is 67.2 Å². The van der Waals surface area contributed by atoms with Crippen LogP contribution in [0.4, 0.5) is 0 Å². The summed E-state index contributed by atoms with van der Waals surface area (Å²) in [5, 5.41) is 3.97. The number of fused-ring (bicyclic) bond motifs is 1. The quantitative estimate of drug-likeness (QED) is 0.573. The second kappa shape index (κ2) is 8.81. The Balaban J connectivity index is 1.36. The van der Waals surface area contributed by atoms with Crippen molar-refractivity contribution in [3.8, 4) is 0 Å². The summed E-state index contributed by atoms with van der Waals surface area (Å²) >= 11 is 0. The Morgan fingerprint density at radius 2 is 1.91 bits per heavy atom. The maximum absolute atomic E-state index is 12.6. The predicted molar refractivity (Wildman–Crippen MR) is 125 cm³/mol. The molecule has 2 aromatic carbocycles. The maximum Gasteiger partial charge on any atom is 0.243 e. The lowest BCUT2D eigenvalue weighted by atomic mass is 9.85. The number of rotatable bonds is 8. The third kappa shape index (κ3) is 4.51. The van der Waals surface area contributed by atoms with Gasteiger partial charge in [-0.3, -0.25) is 4.68 Å². The van der Waals surface area contributed by atoms with Crippen LogP contribution in [0.25, 0.3) is 0 Å². The molecule has 0 bridgehead atoms. The molecular formula is C25H30N4O2S. The molecule has 2 heterocycles. The molecule has 7 heteroatoms. The Morgan fingerprint density at radius 1 is 1.09 bits per heavy atom. The van der Waals surface area contributed by atoms with Gasteiger partial charge in [0.2, 0.25) is 10.0 Å². The fraction of sp³-hybridized carbons (Fsp3) is 0.400. The fourth-order valence-corrected chi connectivity index (χ4v) is 6.00. The second-order valence-corrected chi connectivity index (χ2v) is 10.9. The SMILES string of the molecule is Cn1cc(S(=O)(=O)NCc2ccc3c(c2)C(Cc2ccccc2)C(CN2CCC2)C3)cn1. The van der Waals surface area contributed by atoms with Gasteiger partial charge in [-0.2, -0.15) is 5.10 Å². The molecule has 1 aliphatic heterocycles. The Morgan fingerprint density at radius 3 is 2.59 bits per heavy atom. The molecule has 6 nitrogen and oxygen atoms in total. The molecule has 168 valence electrons. The molecule has 2 unspecified atom stereocenters. The average molecular weight is 451 g/mol. The molecule has 3 aromatic rings. The van der Waals surface area contributed by atoms with Crippen molar-refractivity contribution in [1.82, 2.24) is 19.4 Å². The van der Waals surface area contributed by atoms with E-state index in [1.54, 1.807) is 7.05 Å². The number of nitrogens with one attached hydrogen (secondary N) is 1. The van der Waals surface area contributed by atoms with Gasteiger partial charge >= 0.3 is 0 Å². The molecule has 0 saturated carbocycles. The minimum atomic E-state index is -3.58. The molecule has 0 amide bonds. The molecule has 2 aliphatic rings. The zero-order chi connectivity index (χ0) is 22.1. The molecule has 5 rings (SSSR count). The zero-order valence-corrected chi connectivity index (χ0v) is 19.3. The molecule has 1 aliphatic carbocycles. The number of nitrogens with zero attached hydrogens (tertiary/aromatic N) is 3. The van der Waals surface area contributed by atoms with Crippen LogP contribution in [-0.4, -0.2) is 42.7 Å². The first-order valence-electron chi connectivity index (χ1n) is 11.3. The molecule has 1 aromatic heterocycles. The van der Waals surface area contributed by atoms with Crippen molar-refractivity contribution in [3.63, 3.8) is 0 Å². The van der Waals surface area contributed by atoms with Crippen molar-refractivity contribution >= 4 is 10.0 Å². The van der Waals surface area contributed by atoms with Crippen LogP contribution < -0.4 is 4.72 Å². The highest BCUT2D eigenvalue weighted by molar-refractivity contribution is 7.89. The normalized spacial score (nSPS) is 20.8. The fourth-order valence-electron chi connectivity index (χ4n) is 5.00. The van der Waals surface area contributed by atoms with E-state index in [2.05, 4.69) is 63.3 Å². The van der Waals surface area contributed by atoms with Gasteiger partial charge in [-0.1, -0.05) is 48.5 Å². The van der Waals surface area contributed by atoms with E-state index in [-0.39, 0.29) is 11.4 Å². The van der Waals surface area contributed by atoms with E-state index in [9.17, 15) is 8.42 Å². The van der Waals surface area contributed by atoms with Crippen LogP contribution >= 0.6 is 0 Å². The van der Waals surface area contributed by atoms with Gasteiger partial charge in [0.1, 0.15) is 4.90 Å². The number of aryl methyl sites for hydroxylation is 1. The molecular weight excluding hydrogens is 420 g/mol. The molecule has 1 saturated heterocycles. The van der Waals surface area contributed by atoms with E-state index in [1.807, 2.05) is 0 Å². The maximum atomic E-state index is 12.6. The smallest absolute Gasteiger partial charge is 0.243 e. The van der Waals surface area contributed by atoms with Gasteiger partial charge < -0.3 is 4.90 Å². The van der Waals surface area contributed by atoms with Crippen molar-refractivity contribution in [2.24, 2.45) is 13.0 Å². The van der Waals surface area contributed by atoms with Crippen molar-refractivity contribution in [1.29, 1.82) is 0 Å². The van der Waals surface area contributed by atoms with Crippen LogP contribution in [0, 0.1) is 5.92 Å². The third-order valence-corrected chi connectivity index (χ3v) is 8.21. The Bertz CT molecular complexity index is 1190. The van der Waals surface area contributed by atoms with Gasteiger partial charge in [0.25, 0.3) is 0 Å². The van der Waals surface area contributed by atoms with Gasteiger partial charge in [0, 0.05) is 26.3 Å². The lowest BCUT2D eigenvalue weighted by molar-refractivity contribution is 0.145. The standard InChI is InChI=1S/C25H30N4O2S/c1-28-18-23(16-26-28)32(30,31)27-15-20-8-9-21-14-22(17-29-10-5-11-29)25(24(21)13-20)12-19-6-3-2-4-7-19/h2-4,6-9,13,16,18,22,25,27H,5,10-12,14-15,17H2,1H3. The number of benzene rings is 2. The summed E-state index contributed by atoms with van der Waals surface area (Å²) in [6, 6.07) is 17.2. The molecule has 0 spiro atoms. The van der Waals surface area contributed by atoms with E-state index >= 15 is 0 Å². The number of hydrogen-bond donors (Lipinski definition) is 1. The van der Waals surface area contributed by atoms with Gasteiger partial charge in [-0.15, -0.1) is 0 Å². The second-order valence-electron chi connectivity index (χ2n) is 9.12. The summed E-state index contributed by atoms with van der Waals surface area (Å²) in [6.45, 7) is 3.85. The predicted octanol–water partition coefficient (Wildman–Crippen LogP) is 3.10. The molecule has 1 N–H and O–H groups in total. The van der Waals surface area contributed by atoms with Gasteiger partial charge in [-0.25, -0.2) is 13.1 Å². The van der Waals surface area contributed by atoms with Crippen molar-refractivity contribution in [2.75, 3.05) is 19.6 Å². The highest BCUT2D eigenvalue weighted by atomic mass is 32.2. The summed E-state index contributed by atoms with van der Waals surface area (Å²) in [4.78, 5) is 2.76. The Labute approximate surface area is 190 Å². The minimum Gasteiger partial charge on any atom is -0.303 e. The summed E-state index contributed by atoms with van der Waals surface area (Å²) in [6.07, 6.45) is 6.33. The van der Waals surface area contributed by atoms with E-state index in [0.29, 0.717) is 11.8 Å². The molecule has 0 radical (unpaired) electrons. The zero-order valence-electron chi connectivity index (χ0n) is 18.4. The largest absolute Gasteiger partial charge is 0.303 e. The first-order valence-corrected chi connectivity index (χ1v) is 12.8. The Hall–Kier alpha value is -2.48. The lowest BCUT2D eigenvalue weighted by Crippen LogP contribution is -2.41. The molecule has 32 heavy (non-hydrogen) atoms. The molecule has 2 atom stereocenters. The third-order valence-electron chi connectivity index (χ3n) is 6.86. The van der Waals surface area contributed by atoms with Crippen LogP contribution in [0.5, 0.6) is 0 Å². The van der Waals surface area contributed by atoms with Crippen LogP contribution in [0.2, 0.25) is 0 Å². The van der Waals surface area contributed by atoms with Crippen molar-refractivity contribution < 1.29 is 8.42 Å². The summed E-state index contributed by atoms with van der Waals surface area (Å²) in [7, 11) is -1.86. The summed E-state index contributed by atoms with van der Waals surface area (Å²) in [5.41, 5.74) is 5.16. The highest BCUT2D eigenvalue weighted by Crippen LogP contribution is 2.41. The first kappa shape index (κ1) is 21.4. The number of hydrogen-bond acceptors (Lipinski definition) is 4. The highest BCUT2D eigenvalue weighted by Gasteiger charge is 2.34. The first-order chi connectivity index (χ1) is 15.5. The van der Waals surface area contributed by atoms with Crippen LogP contribution in [0.15, 0.2) is 65.8 Å². The minimum absolute atomic E-state index is 0.192. The average Bonchev–Trinajstić information content (AvgIpc) is 3.34. The van der Waals surface area contributed by atoms with Crippen LogP contribution in [-0.2, 0) is 36.5 Å². The Kier molecular flexibility index (Phi) is 5.88. The number of aromatic nitrogens is 2. The van der Waals surface area contributed by atoms with E-state index in [0.717, 1.165) is 24.9 Å². The van der Waals surface area contributed by atoms with Crippen molar-refractivity contribution in [2.45, 2.75) is 36.6 Å². The summed E-state index contributed by atoms with van der Waals surface area (Å²) < 4.78 is 29.4. The number of sulfonamides is 1. The van der Waals surface area contributed by atoms with E-state index in [1.165, 1.54) is 53.3 Å². The lowest BCUT2D eigenvalue weighted by Gasteiger charge is -2.35. The van der Waals surface area contributed by atoms with Gasteiger partial charge in [0.05, 0.1) is 6.20 Å². The van der Waals surface area contributed by atoms with Crippen molar-refractivity contribution in [3.05, 3.63) is 83.2 Å². The van der Waals surface area contributed by atoms with Crippen LogP contribution in [0.3, 0.4) is 0 Å². The van der Waals surface area contributed by atoms with E-state index in [4.69, 9.17) is 0 Å². The summed E-state index contributed by atoms with van der Waals surface area (Å²) in [5.74, 6) is 1.07. The van der Waals surface area contributed by atoms with Gasteiger partial charge in [-0.05, 0) is 66.4 Å². The van der Waals surface area contributed by atoms with Gasteiger partial charge in [0.15, 0.2) is 0 Å². The monoisotopic (exact) mass is 450 g/mol. The molecule has 1 fully saturated rings. The van der Waals surface area contributed by atoms with E-state index < -0.39 is 10.0 Å².